The minimum Gasteiger partial charge on any atom is -0.491 e. The topological polar surface area (TPSA) is 71.5 Å². The van der Waals surface area contributed by atoms with Crippen LogP contribution in [0.25, 0.3) is 0 Å². The van der Waals surface area contributed by atoms with Gasteiger partial charge in [-0.1, -0.05) is 17.4 Å². The Morgan fingerprint density at radius 3 is 2.62 bits per heavy atom. The molecule has 0 aliphatic carbocycles. The maximum Gasteiger partial charge on any atom is 0.265 e. The average Bonchev–Trinajstić information content (AvgIpc) is 2.86. The lowest BCUT2D eigenvalue weighted by Crippen LogP contribution is -2.21. The number of carbonyl (C=O) groups excluding carboxylic acids is 2. The summed E-state index contributed by atoms with van der Waals surface area (Å²) in [6, 6.07) is 6.95. The summed E-state index contributed by atoms with van der Waals surface area (Å²) in [5.74, 6) is 0.219. The molecule has 0 spiro atoms. The van der Waals surface area contributed by atoms with Gasteiger partial charge in [0.25, 0.3) is 11.8 Å². The fraction of sp³-hybridized carbons (Fsp3) is 0.353. The number of aryl methyl sites for hydroxylation is 1. The Hall–Kier alpha value is -2.41. The second-order valence-electron chi connectivity index (χ2n) is 5.78. The molecule has 1 aromatic heterocycles. The fourth-order valence-corrected chi connectivity index (χ4v) is 2.99. The van der Waals surface area contributed by atoms with Crippen molar-refractivity contribution >= 4 is 28.3 Å². The number of amides is 2. The van der Waals surface area contributed by atoms with Gasteiger partial charge < -0.3 is 9.64 Å². The smallest absolute Gasteiger partial charge is 0.265 e. The number of hydrogen-bond acceptors (Lipinski definition) is 5. The highest BCUT2D eigenvalue weighted by Crippen LogP contribution is 2.24. The molecule has 0 bridgehead atoms. The molecule has 6 nitrogen and oxygen atoms in total. The molecule has 0 unspecified atom stereocenters. The molecular weight excluding hydrogens is 326 g/mol. The summed E-state index contributed by atoms with van der Waals surface area (Å²) in [5.41, 5.74) is 1.08. The molecule has 1 heterocycles. The average molecular weight is 347 g/mol. The molecule has 0 aliphatic rings. The predicted molar refractivity (Wildman–Crippen MR) is 95.0 cm³/mol. The fourth-order valence-electron chi connectivity index (χ4n) is 2.00. The number of carbonyl (C=O) groups is 2. The molecule has 2 rings (SSSR count). The van der Waals surface area contributed by atoms with Crippen molar-refractivity contribution < 1.29 is 14.3 Å². The molecule has 1 aromatic carbocycles. The van der Waals surface area contributed by atoms with Crippen LogP contribution < -0.4 is 10.1 Å². The number of anilines is 1. The third kappa shape index (κ3) is 4.32. The number of nitrogens with one attached hydrogen (secondary N) is 1. The maximum atomic E-state index is 12.4. The van der Waals surface area contributed by atoms with Crippen LogP contribution >= 0.6 is 11.3 Å². The molecule has 0 radical (unpaired) electrons. The van der Waals surface area contributed by atoms with Gasteiger partial charge in [-0.3, -0.25) is 14.9 Å². The minimum absolute atomic E-state index is 0.0320. The summed E-state index contributed by atoms with van der Waals surface area (Å²) in [7, 11) is 3.36. The SMILES string of the molecule is Cc1nc(NC(=O)c2cccc(OC(C)C)c2)sc1C(=O)N(C)C. The summed E-state index contributed by atoms with van der Waals surface area (Å²) in [4.78, 5) is 30.7. The number of benzene rings is 1. The molecule has 1 N–H and O–H groups in total. The van der Waals surface area contributed by atoms with E-state index in [2.05, 4.69) is 10.3 Å². The van der Waals surface area contributed by atoms with Crippen molar-refractivity contribution in [3.8, 4) is 5.75 Å². The Kier molecular flexibility index (Phi) is 5.56. The molecule has 7 heteroatoms. The van der Waals surface area contributed by atoms with E-state index in [-0.39, 0.29) is 17.9 Å². The maximum absolute atomic E-state index is 12.4. The Morgan fingerprint density at radius 1 is 1.29 bits per heavy atom. The van der Waals surface area contributed by atoms with E-state index in [9.17, 15) is 9.59 Å². The number of aromatic nitrogens is 1. The molecule has 0 fully saturated rings. The van der Waals surface area contributed by atoms with Crippen LogP contribution in [0.3, 0.4) is 0 Å². The van der Waals surface area contributed by atoms with E-state index in [1.807, 2.05) is 13.8 Å². The first kappa shape index (κ1) is 17.9. The second kappa shape index (κ2) is 7.44. The molecule has 0 saturated heterocycles. The van der Waals surface area contributed by atoms with Gasteiger partial charge in [-0.25, -0.2) is 4.98 Å². The highest BCUT2D eigenvalue weighted by molar-refractivity contribution is 7.17. The van der Waals surface area contributed by atoms with Gasteiger partial charge in [-0.2, -0.15) is 0 Å². The van der Waals surface area contributed by atoms with E-state index >= 15 is 0 Å². The monoisotopic (exact) mass is 347 g/mol. The van der Waals surface area contributed by atoms with Crippen molar-refractivity contribution in [2.45, 2.75) is 26.9 Å². The van der Waals surface area contributed by atoms with Gasteiger partial charge >= 0.3 is 0 Å². The van der Waals surface area contributed by atoms with Gasteiger partial charge in [-0.15, -0.1) is 0 Å². The van der Waals surface area contributed by atoms with Crippen LogP contribution in [-0.4, -0.2) is 41.9 Å². The van der Waals surface area contributed by atoms with Crippen molar-refractivity contribution in [2.75, 3.05) is 19.4 Å². The largest absolute Gasteiger partial charge is 0.491 e. The van der Waals surface area contributed by atoms with Gasteiger partial charge in [-0.05, 0) is 39.0 Å². The molecule has 0 atom stereocenters. The molecule has 0 aliphatic heterocycles. The number of ether oxygens (including phenoxy) is 1. The first-order chi connectivity index (χ1) is 11.3. The van der Waals surface area contributed by atoms with Gasteiger partial charge in [0.15, 0.2) is 5.13 Å². The number of hydrogen-bond donors (Lipinski definition) is 1. The minimum atomic E-state index is -0.290. The van der Waals surface area contributed by atoms with Crippen LogP contribution in [-0.2, 0) is 0 Å². The van der Waals surface area contributed by atoms with Gasteiger partial charge in [0, 0.05) is 19.7 Å². The third-order valence-electron chi connectivity index (χ3n) is 3.09. The van der Waals surface area contributed by atoms with Crippen LogP contribution in [0, 0.1) is 6.92 Å². The standard InChI is InChI=1S/C17H21N3O3S/c1-10(2)23-13-8-6-7-12(9-13)15(21)19-17-18-11(3)14(24-17)16(22)20(4)5/h6-10H,1-5H3,(H,18,19,21). The summed E-state index contributed by atoms with van der Waals surface area (Å²) in [5, 5.41) is 3.14. The van der Waals surface area contributed by atoms with Crippen molar-refractivity contribution in [1.82, 2.24) is 9.88 Å². The van der Waals surface area contributed by atoms with Crippen LogP contribution in [0.2, 0.25) is 0 Å². The zero-order valence-corrected chi connectivity index (χ0v) is 15.2. The quantitative estimate of drug-likeness (QED) is 0.902. The first-order valence-corrected chi connectivity index (χ1v) is 8.36. The van der Waals surface area contributed by atoms with E-state index in [1.54, 1.807) is 45.3 Å². The molecule has 2 aromatic rings. The van der Waals surface area contributed by atoms with E-state index in [1.165, 1.54) is 16.2 Å². The van der Waals surface area contributed by atoms with E-state index in [0.29, 0.717) is 27.0 Å². The molecular formula is C17H21N3O3S. The Morgan fingerprint density at radius 2 is 2.00 bits per heavy atom. The normalized spacial score (nSPS) is 10.6. The summed E-state index contributed by atoms with van der Waals surface area (Å²) in [6.07, 6.45) is 0.0320. The van der Waals surface area contributed by atoms with E-state index in [4.69, 9.17) is 4.74 Å². The van der Waals surface area contributed by atoms with Gasteiger partial charge in [0.1, 0.15) is 10.6 Å². The van der Waals surface area contributed by atoms with Crippen LogP contribution in [0.15, 0.2) is 24.3 Å². The van der Waals surface area contributed by atoms with Crippen molar-refractivity contribution in [3.63, 3.8) is 0 Å². The number of thiazole rings is 1. The summed E-state index contributed by atoms with van der Waals surface area (Å²) < 4.78 is 5.59. The summed E-state index contributed by atoms with van der Waals surface area (Å²) >= 11 is 1.17. The zero-order chi connectivity index (χ0) is 17.9. The summed E-state index contributed by atoms with van der Waals surface area (Å²) in [6.45, 7) is 5.60. The van der Waals surface area contributed by atoms with Crippen molar-refractivity contribution in [2.24, 2.45) is 0 Å². The number of rotatable bonds is 5. The Balaban J connectivity index is 2.15. The highest BCUT2D eigenvalue weighted by Gasteiger charge is 2.18. The van der Waals surface area contributed by atoms with Crippen molar-refractivity contribution in [1.29, 1.82) is 0 Å². The zero-order valence-electron chi connectivity index (χ0n) is 14.4. The van der Waals surface area contributed by atoms with E-state index < -0.39 is 0 Å². The van der Waals surface area contributed by atoms with Crippen LogP contribution in [0.1, 0.15) is 39.6 Å². The lowest BCUT2D eigenvalue weighted by molar-refractivity contribution is 0.0831. The van der Waals surface area contributed by atoms with Crippen LogP contribution in [0.5, 0.6) is 5.75 Å². The lowest BCUT2D eigenvalue weighted by atomic mass is 10.2. The van der Waals surface area contributed by atoms with Crippen molar-refractivity contribution in [3.05, 3.63) is 40.4 Å². The third-order valence-corrected chi connectivity index (χ3v) is 4.15. The Labute approximate surface area is 145 Å². The Bertz CT molecular complexity index is 753. The predicted octanol–water partition coefficient (Wildman–Crippen LogP) is 3.19. The molecule has 24 heavy (non-hydrogen) atoms. The molecule has 2 amide bonds. The molecule has 128 valence electrons. The second-order valence-corrected chi connectivity index (χ2v) is 6.78. The number of nitrogens with zero attached hydrogens (tertiary/aromatic N) is 2. The molecule has 0 saturated carbocycles. The van der Waals surface area contributed by atoms with Gasteiger partial charge in [0.2, 0.25) is 0 Å². The van der Waals surface area contributed by atoms with Crippen LogP contribution in [0.4, 0.5) is 5.13 Å². The highest BCUT2D eigenvalue weighted by atomic mass is 32.1. The first-order valence-electron chi connectivity index (χ1n) is 7.55. The lowest BCUT2D eigenvalue weighted by Gasteiger charge is -2.10. The van der Waals surface area contributed by atoms with Gasteiger partial charge in [0.05, 0.1) is 11.8 Å². The van der Waals surface area contributed by atoms with E-state index in [0.717, 1.165) is 0 Å².